The molecular weight excluding hydrogens is 448 g/mol. The summed E-state index contributed by atoms with van der Waals surface area (Å²) < 4.78 is 11.3. The molecule has 8 heteroatoms. The number of carbonyl (C=O) groups is 1. The first kappa shape index (κ1) is 23.6. The number of aromatic hydroxyl groups is 1. The van der Waals surface area contributed by atoms with Gasteiger partial charge in [-0.3, -0.25) is 14.9 Å². The van der Waals surface area contributed by atoms with Gasteiger partial charge in [-0.25, -0.2) is 0 Å². The van der Waals surface area contributed by atoms with E-state index in [1.165, 1.54) is 11.6 Å². The summed E-state index contributed by atoms with van der Waals surface area (Å²) in [5.41, 5.74) is 1.86. The van der Waals surface area contributed by atoms with E-state index < -0.39 is 10.8 Å². The highest BCUT2D eigenvalue weighted by Crippen LogP contribution is 2.32. The van der Waals surface area contributed by atoms with Gasteiger partial charge in [0.05, 0.1) is 10.6 Å². The second kappa shape index (κ2) is 9.72. The molecule has 0 saturated carbocycles. The number of nitro groups is 1. The van der Waals surface area contributed by atoms with Crippen molar-refractivity contribution < 1.29 is 24.0 Å². The Morgan fingerprint density at radius 2 is 1.69 bits per heavy atom. The Kier molecular flexibility index (Phi) is 6.55. The van der Waals surface area contributed by atoms with E-state index in [9.17, 15) is 20.0 Å². The Labute approximate surface area is 201 Å². The van der Waals surface area contributed by atoms with Gasteiger partial charge in [-0.1, -0.05) is 56.3 Å². The number of nitrogens with one attached hydrogen (secondary N) is 1. The standard InChI is InChI=1S/C27H24N2O6/c1-27(2,18-6-4-3-5-7-18)19-8-11-21(12-9-19)34-17-22-13-15-25(35-22)26(31)28-23-16-20(29(32)33)10-14-24(23)30/h3-16,30H,17H2,1-2H3,(H,28,31). The van der Waals surface area contributed by atoms with Crippen molar-refractivity contribution >= 4 is 17.3 Å². The number of non-ortho nitro benzene ring substituents is 1. The van der Waals surface area contributed by atoms with E-state index in [2.05, 4.69) is 31.3 Å². The van der Waals surface area contributed by atoms with Crippen LogP contribution in [-0.4, -0.2) is 15.9 Å². The first-order chi connectivity index (χ1) is 16.7. The van der Waals surface area contributed by atoms with Gasteiger partial charge in [0, 0.05) is 17.5 Å². The number of nitro benzene ring substituents is 1. The Morgan fingerprint density at radius 1 is 1.00 bits per heavy atom. The quantitative estimate of drug-likeness (QED) is 0.183. The lowest BCUT2D eigenvalue weighted by Crippen LogP contribution is -2.18. The number of phenolic OH excluding ortho intramolecular Hbond substituents is 1. The molecule has 0 atom stereocenters. The predicted molar refractivity (Wildman–Crippen MR) is 131 cm³/mol. The summed E-state index contributed by atoms with van der Waals surface area (Å²) in [6, 6.07) is 24.5. The minimum absolute atomic E-state index is 0.0190. The average molecular weight is 472 g/mol. The molecule has 0 saturated heterocycles. The van der Waals surface area contributed by atoms with Crippen LogP contribution in [0.4, 0.5) is 11.4 Å². The molecule has 0 aliphatic rings. The normalized spacial score (nSPS) is 11.1. The highest BCUT2D eigenvalue weighted by atomic mass is 16.6. The zero-order valence-corrected chi connectivity index (χ0v) is 19.2. The minimum atomic E-state index is -0.653. The van der Waals surface area contributed by atoms with Crippen molar-refractivity contribution in [1.82, 2.24) is 0 Å². The summed E-state index contributed by atoms with van der Waals surface area (Å²) in [6.07, 6.45) is 0. The van der Waals surface area contributed by atoms with E-state index in [0.29, 0.717) is 11.5 Å². The Bertz CT molecular complexity index is 1340. The zero-order chi connectivity index (χ0) is 25.0. The Morgan fingerprint density at radius 3 is 2.37 bits per heavy atom. The monoisotopic (exact) mass is 472 g/mol. The molecule has 0 unspecified atom stereocenters. The molecule has 178 valence electrons. The van der Waals surface area contributed by atoms with Crippen LogP contribution < -0.4 is 10.1 Å². The molecule has 0 bridgehead atoms. The molecule has 4 rings (SSSR count). The second-order valence-electron chi connectivity index (χ2n) is 8.48. The van der Waals surface area contributed by atoms with Crippen molar-refractivity contribution in [2.24, 2.45) is 0 Å². The number of amides is 1. The molecule has 0 spiro atoms. The highest BCUT2D eigenvalue weighted by Gasteiger charge is 2.22. The molecular formula is C27H24N2O6. The van der Waals surface area contributed by atoms with Gasteiger partial charge in [-0.15, -0.1) is 0 Å². The minimum Gasteiger partial charge on any atom is -0.506 e. The summed E-state index contributed by atoms with van der Waals surface area (Å²) in [5.74, 6) is 0.112. The molecule has 4 aromatic rings. The Hall–Kier alpha value is -4.59. The third kappa shape index (κ3) is 5.33. The molecule has 0 aliphatic heterocycles. The summed E-state index contributed by atoms with van der Waals surface area (Å²) in [4.78, 5) is 22.8. The molecule has 1 aromatic heterocycles. The van der Waals surface area contributed by atoms with E-state index in [4.69, 9.17) is 9.15 Å². The van der Waals surface area contributed by atoms with Gasteiger partial charge in [0.1, 0.15) is 23.9 Å². The van der Waals surface area contributed by atoms with E-state index >= 15 is 0 Å². The molecule has 8 nitrogen and oxygen atoms in total. The van der Waals surface area contributed by atoms with Crippen LogP contribution in [-0.2, 0) is 12.0 Å². The van der Waals surface area contributed by atoms with E-state index in [0.717, 1.165) is 23.8 Å². The van der Waals surface area contributed by atoms with Crippen molar-refractivity contribution in [3.05, 3.63) is 118 Å². The number of nitrogens with zero attached hydrogens (tertiary/aromatic N) is 1. The van der Waals surface area contributed by atoms with Crippen LogP contribution in [0.2, 0.25) is 0 Å². The van der Waals surface area contributed by atoms with Crippen LogP contribution in [0.15, 0.2) is 89.3 Å². The number of ether oxygens (including phenoxy) is 1. The number of anilines is 1. The molecule has 35 heavy (non-hydrogen) atoms. The number of carbonyl (C=O) groups excluding carboxylic acids is 1. The molecule has 0 fully saturated rings. The number of furan rings is 1. The maximum Gasteiger partial charge on any atom is 0.291 e. The van der Waals surface area contributed by atoms with Crippen molar-refractivity contribution in [1.29, 1.82) is 0 Å². The van der Waals surface area contributed by atoms with Gasteiger partial charge in [0.15, 0.2) is 5.76 Å². The first-order valence-electron chi connectivity index (χ1n) is 10.9. The van der Waals surface area contributed by atoms with Crippen LogP contribution in [0.25, 0.3) is 0 Å². The third-order valence-corrected chi connectivity index (χ3v) is 5.78. The van der Waals surface area contributed by atoms with Crippen molar-refractivity contribution in [2.75, 3.05) is 5.32 Å². The average Bonchev–Trinajstić information content (AvgIpc) is 3.34. The fourth-order valence-corrected chi connectivity index (χ4v) is 3.64. The summed E-state index contributed by atoms with van der Waals surface area (Å²) in [5, 5.41) is 23.2. The fraction of sp³-hybridized carbons (Fsp3) is 0.148. The smallest absolute Gasteiger partial charge is 0.291 e. The van der Waals surface area contributed by atoms with Crippen molar-refractivity contribution in [2.45, 2.75) is 25.9 Å². The van der Waals surface area contributed by atoms with Gasteiger partial charge in [-0.05, 0) is 41.5 Å². The van der Waals surface area contributed by atoms with E-state index in [1.807, 2.05) is 42.5 Å². The summed E-state index contributed by atoms with van der Waals surface area (Å²) in [6.45, 7) is 4.44. The predicted octanol–water partition coefficient (Wildman–Crippen LogP) is 6.05. The van der Waals surface area contributed by atoms with Gasteiger partial charge < -0.3 is 19.6 Å². The SMILES string of the molecule is CC(C)(c1ccccc1)c1ccc(OCc2ccc(C(=O)Nc3cc([N+](=O)[O-])ccc3O)o2)cc1. The largest absolute Gasteiger partial charge is 0.506 e. The van der Waals surface area contributed by atoms with Gasteiger partial charge in [0.25, 0.3) is 11.6 Å². The van der Waals surface area contributed by atoms with Gasteiger partial charge in [0.2, 0.25) is 0 Å². The number of hydrogen-bond donors (Lipinski definition) is 2. The molecule has 0 aliphatic carbocycles. The van der Waals surface area contributed by atoms with Crippen LogP contribution in [0, 0.1) is 10.1 Å². The molecule has 1 heterocycles. The van der Waals surface area contributed by atoms with Crippen LogP contribution in [0.1, 0.15) is 41.3 Å². The number of rotatable bonds is 8. The number of hydrogen-bond acceptors (Lipinski definition) is 6. The fourth-order valence-electron chi connectivity index (χ4n) is 3.64. The van der Waals surface area contributed by atoms with Gasteiger partial charge >= 0.3 is 0 Å². The van der Waals surface area contributed by atoms with E-state index in [-0.39, 0.29) is 34.9 Å². The second-order valence-corrected chi connectivity index (χ2v) is 8.48. The lowest BCUT2D eigenvalue weighted by atomic mass is 9.78. The topological polar surface area (TPSA) is 115 Å². The number of phenols is 1. The van der Waals surface area contributed by atoms with Gasteiger partial charge in [-0.2, -0.15) is 0 Å². The van der Waals surface area contributed by atoms with Crippen molar-refractivity contribution in [3.8, 4) is 11.5 Å². The van der Waals surface area contributed by atoms with Crippen LogP contribution in [0.5, 0.6) is 11.5 Å². The summed E-state index contributed by atoms with van der Waals surface area (Å²) in [7, 11) is 0. The Balaban J connectivity index is 1.38. The lowest BCUT2D eigenvalue weighted by Gasteiger charge is -2.26. The lowest BCUT2D eigenvalue weighted by molar-refractivity contribution is -0.384. The number of benzene rings is 3. The zero-order valence-electron chi connectivity index (χ0n) is 19.2. The third-order valence-electron chi connectivity index (χ3n) is 5.78. The van der Waals surface area contributed by atoms with Crippen molar-refractivity contribution in [3.63, 3.8) is 0 Å². The molecule has 1 amide bonds. The maximum atomic E-state index is 12.5. The van der Waals surface area contributed by atoms with Crippen LogP contribution >= 0.6 is 0 Å². The molecule has 3 aromatic carbocycles. The highest BCUT2D eigenvalue weighted by molar-refractivity contribution is 6.03. The maximum absolute atomic E-state index is 12.5. The first-order valence-corrected chi connectivity index (χ1v) is 10.9. The molecule has 2 N–H and O–H groups in total. The summed E-state index contributed by atoms with van der Waals surface area (Å²) >= 11 is 0. The molecule has 0 radical (unpaired) electrons. The van der Waals surface area contributed by atoms with E-state index in [1.54, 1.807) is 6.07 Å². The van der Waals surface area contributed by atoms with Crippen LogP contribution in [0.3, 0.4) is 0 Å².